The van der Waals surface area contributed by atoms with Crippen LogP contribution in [0.1, 0.15) is 25.2 Å². The number of carbonyl (C=O) groups excluding carboxylic acids is 1. The first kappa shape index (κ1) is 13.4. The van der Waals surface area contributed by atoms with E-state index in [0.717, 1.165) is 0 Å². The second-order valence-corrected chi connectivity index (χ2v) is 3.95. The Labute approximate surface area is 95.5 Å². The molecule has 0 fully saturated rings. The molecule has 0 unspecified atom stereocenters. The number of pyridine rings is 1. The second-order valence-electron chi connectivity index (χ2n) is 3.95. The van der Waals surface area contributed by atoms with Crippen molar-refractivity contribution >= 4 is 12.1 Å². The highest BCUT2D eigenvalue weighted by molar-refractivity contribution is 5.71. The van der Waals surface area contributed by atoms with Gasteiger partial charge in [0.2, 0.25) is 6.41 Å². The fourth-order valence-electron chi connectivity index (χ4n) is 1.14. The predicted octanol–water partition coefficient (Wildman–Crippen LogP) is 1.90. The van der Waals surface area contributed by atoms with Gasteiger partial charge in [-0.25, -0.2) is 4.98 Å². The van der Waals surface area contributed by atoms with E-state index in [1.54, 1.807) is 0 Å². The van der Waals surface area contributed by atoms with Gasteiger partial charge in [0, 0.05) is 5.69 Å². The topological polar surface area (TPSA) is 62.2 Å². The minimum Gasteiger partial charge on any atom is -0.384 e. The highest BCUT2D eigenvalue weighted by Crippen LogP contribution is 2.31. The molecule has 94 valence electrons. The first-order chi connectivity index (χ1) is 7.64. The molecule has 4 nitrogen and oxygen atoms in total. The van der Waals surface area contributed by atoms with Crippen molar-refractivity contribution in [3.63, 3.8) is 0 Å². The van der Waals surface area contributed by atoms with Gasteiger partial charge >= 0.3 is 6.18 Å². The molecule has 1 amide bonds. The van der Waals surface area contributed by atoms with Crippen LogP contribution in [0.5, 0.6) is 0 Å². The van der Waals surface area contributed by atoms with E-state index >= 15 is 0 Å². The van der Waals surface area contributed by atoms with Crippen LogP contribution < -0.4 is 5.32 Å². The zero-order valence-electron chi connectivity index (χ0n) is 9.17. The van der Waals surface area contributed by atoms with Crippen molar-refractivity contribution in [2.75, 3.05) is 5.32 Å². The molecule has 0 bridgehead atoms. The Morgan fingerprint density at radius 3 is 2.24 bits per heavy atom. The molecule has 0 aromatic carbocycles. The average molecular weight is 248 g/mol. The average Bonchev–Trinajstić information content (AvgIpc) is 2.15. The van der Waals surface area contributed by atoms with E-state index in [9.17, 15) is 23.1 Å². The Morgan fingerprint density at radius 1 is 1.29 bits per heavy atom. The normalized spacial score (nSPS) is 12.4. The lowest BCUT2D eigenvalue weighted by molar-refractivity contribution is -0.141. The number of amides is 1. The number of aromatic nitrogens is 1. The van der Waals surface area contributed by atoms with Gasteiger partial charge in [0.05, 0.1) is 5.69 Å². The first-order valence-corrected chi connectivity index (χ1v) is 4.67. The van der Waals surface area contributed by atoms with Gasteiger partial charge in [0.1, 0.15) is 11.3 Å². The lowest BCUT2D eigenvalue weighted by atomic mass is 10.0. The molecule has 0 aliphatic carbocycles. The number of rotatable bonds is 3. The summed E-state index contributed by atoms with van der Waals surface area (Å²) in [4.78, 5) is 13.5. The van der Waals surface area contributed by atoms with Crippen LogP contribution in [0, 0.1) is 0 Å². The van der Waals surface area contributed by atoms with Gasteiger partial charge in [0.25, 0.3) is 0 Å². The number of nitrogens with zero attached hydrogens (tertiary/aromatic N) is 1. The summed E-state index contributed by atoms with van der Waals surface area (Å²) >= 11 is 0. The maximum Gasteiger partial charge on any atom is 0.433 e. The van der Waals surface area contributed by atoms with Gasteiger partial charge in [-0.1, -0.05) is 0 Å². The van der Waals surface area contributed by atoms with Crippen molar-refractivity contribution in [3.8, 4) is 0 Å². The minimum atomic E-state index is -4.64. The number of nitrogens with one attached hydrogen (secondary N) is 1. The van der Waals surface area contributed by atoms with Gasteiger partial charge in [-0.3, -0.25) is 4.79 Å². The van der Waals surface area contributed by atoms with E-state index in [2.05, 4.69) is 10.3 Å². The van der Waals surface area contributed by atoms with Crippen LogP contribution in [0.2, 0.25) is 0 Å². The Balaban J connectivity index is 3.34. The third-order valence-corrected chi connectivity index (χ3v) is 1.97. The van der Waals surface area contributed by atoms with Crippen molar-refractivity contribution in [2.45, 2.75) is 25.6 Å². The van der Waals surface area contributed by atoms with Gasteiger partial charge in [0.15, 0.2) is 0 Å². The fraction of sp³-hybridized carbons (Fsp3) is 0.400. The van der Waals surface area contributed by atoms with E-state index < -0.39 is 17.5 Å². The molecular formula is C10H11F3N2O2. The molecule has 0 spiro atoms. The van der Waals surface area contributed by atoms with E-state index in [4.69, 9.17) is 0 Å². The quantitative estimate of drug-likeness (QED) is 0.803. The first-order valence-electron chi connectivity index (χ1n) is 4.67. The van der Waals surface area contributed by atoms with Crippen LogP contribution in [-0.2, 0) is 16.6 Å². The van der Waals surface area contributed by atoms with Gasteiger partial charge in [-0.05, 0) is 26.0 Å². The number of hydrogen-bond acceptors (Lipinski definition) is 3. The van der Waals surface area contributed by atoms with Crippen molar-refractivity contribution in [2.24, 2.45) is 0 Å². The largest absolute Gasteiger partial charge is 0.433 e. The molecule has 0 radical (unpaired) electrons. The molecule has 7 heteroatoms. The van der Waals surface area contributed by atoms with Crippen molar-refractivity contribution in [1.82, 2.24) is 4.98 Å². The molecule has 0 atom stereocenters. The SMILES string of the molecule is CC(C)(O)c1cc(NC=O)cc(C(F)(F)F)n1. The van der Waals surface area contributed by atoms with Crippen molar-refractivity contribution in [3.05, 3.63) is 23.5 Å². The van der Waals surface area contributed by atoms with Crippen LogP contribution in [0.15, 0.2) is 12.1 Å². The molecule has 17 heavy (non-hydrogen) atoms. The van der Waals surface area contributed by atoms with Crippen LogP contribution in [0.25, 0.3) is 0 Å². The van der Waals surface area contributed by atoms with E-state index in [1.165, 1.54) is 19.9 Å². The molecule has 0 saturated heterocycles. The molecule has 1 aromatic heterocycles. The van der Waals surface area contributed by atoms with Crippen molar-refractivity contribution < 1.29 is 23.1 Å². The summed E-state index contributed by atoms with van der Waals surface area (Å²) in [5.74, 6) is 0. The summed E-state index contributed by atoms with van der Waals surface area (Å²) < 4.78 is 37.5. The monoisotopic (exact) mass is 248 g/mol. The highest BCUT2D eigenvalue weighted by atomic mass is 19.4. The Bertz CT molecular complexity index is 392. The van der Waals surface area contributed by atoms with E-state index in [0.29, 0.717) is 6.07 Å². The van der Waals surface area contributed by atoms with Gasteiger partial charge < -0.3 is 10.4 Å². The summed E-state index contributed by atoms with van der Waals surface area (Å²) in [5.41, 5.74) is -2.93. The zero-order valence-corrected chi connectivity index (χ0v) is 9.17. The maximum atomic E-state index is 12.5. The Morgan fingerprint density at radius 2 is 1.82 bits per heavy atom. The lowest BCUT2D eigenvalue weighted by Crippen LogP contribution is -2.21. The summed E-state index contributed by atoms with van der Waals surface area (Å²) in [5, 5.41) is 11.7. The maximum absolute atomic E-state index is 12.5. The lowest BCUT2D eigenvalue weighted by Gasteiger charge is -2.19. The molecule has 2 N–H and O–H groups in total. The van der Waals surface area contributed by atoms with Gasteiger partial charge in [-0.2, -0.15) is 13.2 Å². The standard InChI is InChI=1S/C10H11F3N2O2/c1-9(2,17)7-3-6(14-5-16)4-8(15-7)10(11,12)13/h3-5,17H,1-2H3,(H,14,15,16). The smallest absolute Gasteiger partial charge is 0.384 e. The minimum absolute atomic E-state index is 0.0700. The Kier molecular flexibility index (Phi) is 3.42. The predicted molar refractivity (Wildman–Crippen MR) is 54.2 cm³/mol. The Hall–Kier alpha value is -1.63. The second kappa shape index (κ2) is 4.33. The van der Waals surface area contributed by atoms with Crippen LogP contribution in [0.3, 0.4) is 0 Å². The third-order valence-electron chi connectivity index (χ3n) is 1.97. The van der Waals surface area contributed by atoms with Crippen LogP contribution in [0.4, 0.5) is 18.9 Å². The summed E-state index contributed by atoms with van der Waals surface area (Å²) in [7, 11) is 0. The number of aliphatic hydroxyl groups is 1. The van der Waals surface area contributed by atoms with Crippen LogP contribution >= 0.6 is 0 Å². The molecular weight excluding hydrogens is 237 g/mol. The summed E-state index contributed by atoms with van der Waals surface area (Å²) in [6.45, 7) is 2.61. The molecule has 0 aliphatic rings. The van der Waals surface area contributed by atoms with E-state index in [1.807, 2.05) is 0 Å². The molecule has 1 aromatic rings. The molecule has 0 aliphatic heterocycles. The number of hydrogen-bond donors (Lipinski definition) is 2. The number of alkyl halides is 3. The summed E-state index contributed by atoms with van der Waals surface area (Å²) in [6.07, 6.45) is -4.38. The number of anilines is 1. The molecule has 1 rings (SSSR count). The third kappa shape index (κ3) is 3.42. The zero-order chi connectivity index (χ0) is 13.3. The number of halogens is 3. The molecule has 0 saturated carbocycles. The van der Waals surface area contributed by atoms with Crippen molar-refractivity contribution in [1.29, 1.82) is 0 Å². The highest BCUT2D eigenvalue weighted by Gasteiger charge is 2.34. The summed E-state index contributed by atoms with van der Waals surface area (Å²) in [6, 6.07) is 1.88. The molecule has 1 heterocycles. The van der Waals surface area contributed by atoms with Gasteiger partial charge in [-0.15, -0.1) is 0 Å². The fourth-order valence-corrected chi connectivity index (χ4v) is 1.14. The van der Waals surface area contributed by atoms with E-state index in [-0.39, 0.29) is 17.8 Å². The number of carbonyl (C=O) groups is 1. The van der Waals surface area contributed by atoms with Crippen LogP contribution in [-0.4, -0.2) is 16.5 Å².